The van der Waals surface area contributed by atoms with Gasteiger partial charge in [0.25, 0.3) is 0 Å². The summed E-state index contributed by atoms with van der Waals surface area (Å²) in [7, 11) is 0. The van der Waals surface area contributed by atoms with E-state index in [1.165, 1.54) is 40.0 Å². The van der Waals surface area contributed by atoms with Gasteiger partial charge in [-0.3, -0.25) is 0 Å². The predicted octanol–water partition coefficient (Wildman–Crippen LogP) is 6.70. The van der Waals surface area contributed by atoms with Gasteiger partial charge in [-0.05, 0) is 67.2 Å². The minimum absolute atomic E-state index is 0.200. The number of hydrogen-bond acceptors (Lipinski definition) is 0. The lowest BCUT2D eigenvalue weighted by atomic mass is 9.88. The smallest absolute Gasteiger partial charge is 0.123 e. The molecule has 0 N–H and O–H groups in total. The number of hydrogen-bond donors (Lipinski definition) is 0. The maximum absolute atomic E-state index is 13.3. The van der Waals surface area contributed by atoms with Crippen LogP contribution in [0, 0.1) is 12.7 Å². The van der Waals surface area contributed by atoms with E-state index in [0.717, 1.165) is 18.4 Å². The van der Waals surface area contributed by atoms with Crippen LogP contribution in [-0.4, -0.2) is 0 Å². The summed E-state index contributed by atoms with van der Waals surface area (Å²) in [6, 6.07) is 15.2. The van der Waals surface area contributed by atoms with Gasteiger partial charge in [0.1, 0.15) is 5.82 Å². The average Bonchev–Trinajstić information content (AvgIpc) is 2.56. The van der Waals surface area contributed by atoms with E-state index in [4.69, 9.17) is 0 Å². The third kappa shape index (κ3) is 4.19. The van der Waals surface area contributed by atoms with Crippen LogP contribution >= 0.6 is 0 Å². The van der Waals surface area contributed by atoms with Gasteiger partial charge >= 0.3 is 0 Å². The van der Waals surface area contributed by atoms with E-state index in [-0.39, 0.29) is 5.82 Å². The Morgan fingerprint density at radius 2 is 1.65 bits per heavy atom. The summed E-state index contributed by atoms with van der Waals surface area (Å²) in [5, 5.41) is 0. The zero-order chi connectivity index (χ0) is 16.8. The topological polar surface area (TPSA) is 0 Å². The van der Waals surface area contributed by atoms with Gasteiger partial charge in [-0.15, -0.1) is 0 Å². The lowest BCUT2D eigenvalue weighted by Gasteiger charge is -2.16. The van der Waals surface area contributed by atoms with Gasteiger partial charge in [0.2, 0.25) is 0 Å². The fourth-order valence-electron chi connectivity index (χ4n) is 2.76. The third-order valence-corrected chi connectivity index (χ3v) is 4.25. The minimum atomic E-state index is -0.200. The molecule has 0 saturated heterocycles. The highest BCUT2D eigenvalue weighted by Gasteiger charge is 2.12. The Labute approximate surface area is 139 Å². The van der Waals surface area contributed by atoms with Crippen LogP contribution in [0.2, 0.25) is 0 Å². The number of benzene rings is 2. The van der Waals surface area contributed by atoms with E-state index in [9.17, 15) is 4.39 Å². The quantitative estimate of drug-likeness (QED) is 0.539. The van der Waals surface area contributed by atoms with Crippen LogP contribution in [0.4, 0.5) is 4.39 Å². The van der Waals surface area contributed by atoms with Crippen molar-refractivity contribution in [1.82, 2.24) is 0 Å². The van der Waals surface area contributed by atoms with Crippen molar-refractivity contribution in [1.29, 1.82) is 0 Å². The Morgan fingerprint density at radius 3 is 2.26 bits per heavy atom. The van der Waals surface area contributed by atoms with Gasteiger partial charge in [0.05, 0.1) is 0 Å². The molecule has 2 rings (SSSR count). The first kappa shape index (κ1) is 17.2. The van der Waals surface area contributed by atoms with Crippen molar-refractivity contribution in [3.8, 4) is 0 Å². The van der Waals surface area contributed by atoms with E-state index in [0.29, 0.717) is 0 Å². The van der Waals surface area contributed by atoms with Gasteiger partial charge in [-0.1, -0.05) is 61.4 Å². The molecule has 0 radical (unpaired) electrons. The van der Waals surface area contributed by atoms with Crippen molar-refractivity contribution >= 4 is 5.57 Å². The van der Waals surface area contributed by atoms with Crippen LogP contribution in [0.15, 0.2) is 65.8 Å². The van der Waals surface area contributed by atoms with Crippen LogP contribution in [0.3, 0.4) is 0 Å². The summed E-state index contributed by atoms with van der Waals surface area (Å²) in [6.45, 7) is 8.63. The summed E-state index contributed by atoms with van der Waals surface area (Å²) in [5.74, 6) is -0.200. The maximum Gasteiger partial charge on any atom is 0.123 e. The molecule has 2 aromatic carbocycles. The maximum atomic E-state index is 13.3. The van der Waals surface area contributed by atoms with Gasteiger partial charge in [0.15, 0.2) is 0 Å². The van der Waals surface area contributed by atoms with E-state index in [1.807, 2.05) is 12.1 Å². The van der Waals surface area contributed by atoms with Crippen molar-refractivity contribution in [3.63, 3.8) is 0 Å². The standard InChI is InChI=1S/C22H25F/c1-5-6-9-16(2)18(4)22(19-12-14-20(23)15-13-19)21-11-8-7-10-17(21)3/h7-15H,5-6H2,1-4H3. The molecule has 0 aliphatic heterocycles. The molecule has 0 aliphatic rings. The molecule has 0 fully saturated rings. The first-order valence-electron chi connectivity index (χ1n) is 8.24. The van der Waals surface area contributed by atoms with Crippen LogP contribution in [-0.2, 0) is 0 Å². The Bertz CT molecular complexity index is 718. The van der Waals surface area contributed by atoms with Crippen LogP contribution < -0.4 is 0 Å². The van der Waals surface area contributed by atoms with E-state index in [1.54, 1.807) is 0 Å². The monoisotopic (exact) mass is 308 g/mol. The van der Waals surface area contributed by atoms with Gasteiger partial charge in [-0.25, -0.2) is 4.39 Å². The molecule has 0 amide bonds. The SMILES string of the molecule is CCCC=C(C)C(C)=C(c1ccc(F)cc1)c1ccccc1C. The van der Waals surface area contributed by atoms with Crippen molar-refractivity contribution in [3.05, 3.63) is 88.3 Å². The summed E-state index contributed by atoms with van der Waals surface area (Å²) >= 11 is 0. The molecule has 0 spiro atoms. The molecule has 0 aromatic heterocycles. The number of unbranched alkanes of at least 4 members (excludes halogenated alkanes) is 1. The molecule has 0 heterocycles. The number of aryl methyl sites for hydroxylation is 1. The summed E-state index contributed by atoms with van der Waals surface area (Å²) in [6.07, 6.45) is 4.51. The highest BCUT2D eigenvalue weighted by Crippen LogP contribution is 2.32. The predicted molar refractivity (Wildman–Crippen MR) is 97.9 cm³/mol. The second kappa shape index (κ2) is 7.92. The zero-order valence-corrected chi connectivity index (χ0v) is 14.5. The molecule has 0 bridgehead atoms. The van der Waals surface area contributed by atoms with Gasteiger partial charge in [0, 0.05) is 0 Å². The lowest BCUT2D eigenvalue weighted by molar-refractivity contribution is 0.627. The number of rotatable bonds is 5. The largest absolute Gasteiger partial charge is 0.207 e. The molecule has 0 saturated carbocycles. The molecule has 0 nitrogen and oxygen atoms in total. The molecular formula is C22H25F. The first-order valence-corrected chi connectivity index (χ1v) is 8.24. The second-order valence-electron chi connectivity index (χ2n) is 6.00. The molecule has 120 valence electrons. The Hall–Kier alpha value is -2.15. The van der Waals surface area contributed by atoms with Gasteiger partial charge in [-0.2, -0.15) is 0 Å². The van der Waals surface area contributed by atoms with E-state index >= 15 is 0 Å². The molecule has 23 heavy (non-hydrogen) atoms. The van der Waals surface area contributed by atoms with Crippen molar-refractivity contribution in [2.24, 2.45) is 0 Å². The fourth-order valence-corrected chi connectivity index (χ4v) is 2.76. The third-order valence-electron chi connectivity index (χ3n) is 4.25. The molecule has 0 atom stereocenters. The van der Waals surface area contributed by atoms with Crippen molar-refractivity contribution in [2.45, 2.75) is 40.5 Å². The number of halogens is 1. The van der Waals surface area contributed by atoms with Gasteiger partial charge < -0.3 is 0 Å². The van der Waals surface area contributed by atoms with Crippen molar-refractivity contribution < 1.29 is 4.39 Å². The van der Waals surface area contributed by atoms with Crippen LogP contribution in [0.5, 0.6) is 0 Å². The molecular weight excluding hydrogens is 283 g/mol. The van der Waals surface area contributed by atoms with E-state index < -0.39 is 0 Å². The lowest BCUT2D eigenvalue weighted by Crippen LogP contribution is -1.97. The normalized spacial score (nSPS) is 13.0. The molecule has 1 heteroatoms. The number of allylic oxidation sites excluding steroid dienone is 3. The highest BCUT2D eigenvalue weighted by atomic mass is 19.1. The minimum Gasteiger partial charge on any atom is -0.207 e. The highest BCUT2D eigenvalue weighted by molar-refractivity contribution is 5.85. The molecule has 0 unspecified atom stereocenters. The van der Waals surface area contributed by atoms with Crippen LogP contribution in [0.1, 0.15) is 50.3 Å². The fraction of sp³-hybridized carbons (Fsp3) is 0.273. The first-order chi connectivity index (χ1) is 11.0. The Kier molecular flexibility index (Phi) is 5.92. The van der Waals surface area contributed by atoms with Crippen LogP contribution in [0.25, 0.3) is 5.57 Å². The Balaban J connectivity index is 2.65. The molecule has 0 aliphatic carbocycles. The van der Waals surface area contributed by atoms with Crippen molar-refractivity contribution in [2.75, 3.05) is 0 Å². The zero-order valence-electron chi connectivity index (χ0n) is 14.5. The second-order valence-corrected chi connectivity index (χ2v) is 6.00. The Morgan fingerprint density at radius 1 is 1.00 bits per heavy atom. The summed E-state index contributed by atoms with van der Waals surface area (Å²) < 4.78 is 13.3. The molecule has 2 aromatic rings. The summed E-state index contributed by atoms with van der Waals surface area (Å²) in [5.41, 5.74) is 7.22. The average molecular weight is 308 g/mol. The summed E-state index contributed by atoms with van der Waals surface area (Å²) in [4.78, 5) is 0. The van der Waals surface area contributed by atoms with E-state index in [2.05, 4.69) is 58.0 Å².